The summed E-state index contributed by atoms with van der Waals surface area (Å²) >= 11 is 0. The summed E-state index contributed by atoms with van der Waals surface area (Å²) in [6.45, 7) is 4.84. The van der Waals surface area contributed by atoms with Gasteiger partial charge in [-0.25, -0.2) is 4.39 Å². The minimum absolute atomic E-state index is 0.0977. The highest BCUT2D eigenvalue weighted by molar-refractivity contribution is 5.91. The van der Waals surface area contributed by atoms with Crippen LogP contribution in [0, 0.1) is 5.82 Å². The summed E-state index contributed by atoms with van der Waals surface area (Å²) in [5, 5.41) is 3.26. The minimum atomic E-state index is -0.379. The number of amides is 1. The fourth-order valence-corrected chi connectivity index (χ4v) is 3.04. The number of carbonyl (C=O) groups excluding carboxylic acids is 1. The van der Waals surface area contributed by atoms with Gasteiger partial charge in [0.15, 0.2) is 23.3 Å². The largest absolute Gasteiger partial charge is 0.486 e. The van der Waals surface area contributed by atoms with E-state index in [1.54, 1.807) is 42.3 Å². The van der Waals surface area contributed by atoms with Crippen LogP contribution in [0.4, 0.5) is 4.39 Å². The maximum atomic E-state index is 13.7. The maximum absolute atomic E-state index is 13.7. The Labute approximate surface area is 163 Å². The number of para-hydroxylation sites is 1. The summed E-state index contributed by atoms with van der Waals surface area (Å²) in [7, 11) is 1.71. The van der Waals surface area contributed by atoms with Gasteiger partial charge in [0.05, 0.1) is 12.8 Å². The SMILES string of the molecule is CN=C(NCC(C)Oc1ccccc1F)N1CCN(C(=O)c2ccco2)CC1. The molecule has 3 rings (SSSR count). The van der Waals surface area contributed by atoms with Crippen LogP contribution in [0.5, 0.6) is 5.75 Å². The van der Waals surface area contributed by atoms with Crippen LogP contribution in [0.2, 0.25) is 0 Å². The van der Waals surface area contributed by atoms with Crippen LogP contribution in [0.3, 0.4) is 0 Å². The second-order valence-corrected chi connectivity index (χ2v) is 6.54. The Morgan fingerprint density at radius 1 is 1.21 bits per heavy atom. The van der Waals surface area contributed by atoms with Crippen molar-refractivity contribution < 1.29 is 18.3 Å². The molecule has 0 aliphatic carbocycles. The zero-order valence-electron chi connectivity index (χ0n) is 16.1. The zero-order valence-corrected chi connectivity index (χ0v) is 16.1. The average molecular weight is 388 g/mol. The highest BCUT2D eigenvalue weighted by Crippen LogP contribution is 2.16. The first-order valence-electron chi connectivity index (χ1n) is 9.28. The lowest BCUT2D eigenvalue weighted by Crippen LogP contribution is -2.54. The van der Waals surface area contributed by atoms with Crippen molar-refractivity contribution in [2.75, 3.05) is 39.8 Å². The Balaban J connectivity index is 1.47. The lowest BCUT2D eigenvalue weighted by atomic mass is 10.3. The molecule has 7 nitrogen and oxygen atoms in total. The van der Waals surface area contributed by atoms with Crippen molar-refractivity contribution in [3.63, 3.8) is 0 Å². The second kappa shape index (κ2) is 9.25. The summed E-state index contributed by atoms with van der Waals surface area (Å²) in [6, 6.07) is 9.73. The molecule has 150 valence electrons. The molecule has 0 radical (unpaired) electrons. The molecule has 1 aromatic heterocycles. The van der Waals surface area contributed by atoms with Crippen molar-refractivity contribution in [3.8, 4) is 5.75 Å². The summed E-state index contributed by atoms with van der Waals surface area (Å²) < 4.78 is 24.5. The van der Waals surface area contributed by atoms with Crippen LogP contribution in [-0.2, 0) is 0 Å². The highest BCUT2D eigenvalue weighted by Gasteiger charge is 2.25. The van der Waals surface area contributed by atoms with Crippen molar-refractivity contribution in [1.82, 2.24) is 15.1 Å². The zero-order chi connectivity index (χ0) is 19.9. The van der Waals surface area contributed by atoms with E-state index >= 15 is 0 Å². The van der Waals surface area contributed by atoms with E-state index in [0.29, 0.717) is 38.5 Å². The first-order chi connectivity index (χ1) is 13.6. The number of hydrogen-bond acceptors (Lipinski definition) is 4. The molecule has 1 unspecified atom stereocenters. The number of ether oxygens (including phenoxy) is 1. The van der Waals surface area contributed by atoms with Crippen LogP contribution in [0.1, 0.15) is 17.5 Å². The molecule has 1 atom stereocenters. The summed E-state index contributed by atoms with van der Waals surface area (Å²) in [6.07, 6.45) is 1.26. The third kappa shape index (κ3) is 4.82. The van der Waals surface area contributed by atoms with Crippen molar-refractivity contribution in [3.05, 3.63) is 54.2 Å². The van der Waals surface area contributed by atoms with E-state index in [2.05, 4.69) is 15.2 Å². The predicted octanol–water partition coefficient (Wildman–Crippen LogP) is 2.22. The van der Waals surface area contributed by atoms with Gasteiger partial charge in [-0.2, -0.15) is 0 Å². The number of piperazine rings is 1. The van der Waals surface area contributed by atoms with E-state index in [-0.39, 0.29) is 23.6 Å². The number of benzene rings is 1. The molecule has 28 heavy (non-hydrogen) atoms. The Hall–Kier alpha value is -3.03. The van der Waals surface area contributed by atoms with Gasteiger partial charge in [0.25, 0.3) is 5.91 Å². The summed E-state index contributed by atoms with van der Waals surface area (Å²) in [5.41, 5.74) is 0. The van der Waals surface area contributed by atoms with E-state index in [4.69, 9.17) is 9.15 Å². The van der Waals surface area contributed by atoms with E-state index in [0.717, 1.165) is 5.96 Å². The maximum Gasteiger partial charge on any atom is 0.289 e. The molecule has 0 saturated carbocycles. The van der Waals surface area contributed by atoms with Gasteiger partial charge in [-0.3, -0.25) is 9.79 Å². The molecule has 0 bridgehead atoms. The molecule has 0 spiro atoms. The summed E-state index contributed by atoms with van der Waals surface area (Å²) in [5.74, 6) is 0.844. The van der Waals surface area contributed by atoms with Crippen LogP contribution >= 0.6 is 0 Å². The molecule has 1 aliphatic heterocycles. The second-order valence-electron chi connectivity index (χ2n) is 6.54. The molecule has 8 heteroatoms. The van der Waals surface area contributed by atoms with Gasteiger partial charge in [-0.15, -0.1) is 0 Å². The molecule has 1 fully saturated rings. The molecule has 1 amide bonds. The standard InChI is InChI=1S/C20H25FN4O3/c1-15(28-17-7-4-3-6-16(17)21)14-23-20(22-2)25-11-9-24(10-12-25)19(26)18-8-5-13-27-18/h3-8,13,15H,9-12,14H2,1-2H3,(H,22,23). The van der Waals surface area contributed by atoms with Crippen LogP contribution in [-0.4, -0.2) is 67.5 Å². The van der Waals surface area contributed by atoms with Gasteiger partial charge in [-0.05, 0) is 31.2 Å². The quantitative estimate of drug-likeness (QED) is 0.628. The van der Waals surface area contributed by atoms with E-state index in [1.165, 1.54) is 12.3 Å². The predicted molar refractivity (Wildman–Crippen MR) is 104 cm³/mol. The third-order valence-corrected chi connectivity index (χ3v) is 4.52. The van der Waals surface area contributed by atoms with E-state index in [1.807, 2.05) is 6.92 Å². The topological polar surface area (TPSA) is 70.3 Å². The number of nitrogens with zero attached hydrogens (tertiary/aromatic N) is 3. The van der Waals surface area contributed by atoms with Gasteiger partial charge in [0, 0.05) is 33.2 Å². The van der Waals surface area contributed by atoms with Crippen LogP contribution in [0.25, 0.3) is 0 Å². The average Bonchev–Trinajstić information content (AvgIpc) is 3.25. The number of rotatable bonds is 5. The number of nitrogens with one attached hydrogen (secondary N) is 1. The Bertz CT molecular complexity index is 802. The van der Waals surface area contributed by atoms with Crippen molar-refractivity contribution in [2.45, 2.75) is 13.0 Å². The van der Waals surface area contributed by atoms with Crippen LogP contribution < -0.4 is 10.1 Å². The first-order valence-corrected chi connectivity index (χ1v) is 9.28. The van der Waals surface area contributed by atoms with Crippen molar-refractivity contribution in [2.24, 2.45) is 4.99 Å². The van der Waals surface area contributed by atoms with Crippen LogP contribution in [0.15, 0.2) is 52.1 Å². The van der Waals surface area contributed by atoms with Crippen molar-refractivity contribution >= 4 is 11.9 Å². The molecule has 1 aromatic carbocycles. The Morgan fingerprint density at radius 2 is 1.93 bits per heavy atom. The summed E-state index contributed by atoms with van der Waals surface area (Å²) in [4.78, 5) is 20.5. The molecular weight excluding hydrogens is 363 g/mol. The van der Waals surface area contributed by atoms with Gasteiger partial charge in [-0.1, -0.05) is 12.1 Å². The number of furan rings is 1. The van der Waals surface area contributed by atoms with Gasteiger partial charge >= 0.3 is 0 Å². The first kappa shape index (κ1) is 19.7. The highest BCUT2D eigenvalue weighted by atomic mass is 19.1. The van der Waals surface area contributed by atoms with Gasteiger partial charge in [0.1, 0.15) is 6.10 Å². The lowest BCUT2D eigenvalue weighted by molar-refractivity contribution is 0.0657. The molecule has 1 saturated heterocycles. The fraction of sp³-hybridized carbons (Fsp3) is 0.400. The minimum Gasteiger partial charge on any atom is -0.486 e. The van der Waals surface area contributed by atoms with Gasteiger partial charge < -0.3 is 24.3 Å². The Kier molecular flexibility index (Phi) is 6.52. The number of guanidine groups is 1. The lowest BCUT2D eigenvalue weighted by Gasteiger charge is -2.36. The number of carbonyl (C=O) groups is 1. The molecule has 2 heterocycles. The van der Waals surface area contributed by atoms with Gasteiger partial charge in [0.2, 0.25) is 0 Å². The van der Waals surface area contributed by atoms with E-state index in [9.17, 15) is 9.18 Å². The fourth-order valence-electron chi connectivity index (χ4n) is 3.04. The normalized spacial score (nSPS) is 16.0. The number of hydrogen-bond donors (Lipinski definition) is 1. The van der Waals surface area contributed by atoms with Crippen molar-refractivity contribution in [1.29, 1.82) is 0 Å². The smallest absolute Gasteiger partial charge is 0.289 e. The van der Waals surface area contributed by atoms with E-state index < -0.39 is 0 Å². The Morgan fingerprint density at radius 3 is 2.57 bits per heavy atom. The monoisotopic (exact) mass is 388 g/mol. The number of halogens is 1. The molecule has 1 aliphatic rings. The molecule has 1 N–H and O–H groups in total. The molecule has 2 aromatic rings. The number of aliphatic imine (C=N–C) groups is 1. The third-order valence-electron chi connectivity index (χ3n) is 4.52. The molecular formula is C20H25FN4O3.